The predicted molar refractivity (Wildman–Crippen MR) is 161 cm³/mol. The molecule has 5 heteroatoms. The van der Waals surface area contributed by atoms with E-state index in [1.165, 1.54) is 57.5 Å². The molecule has 4 aromatic rings. The van der Waals surface area contributed by atoms with Crippen LogP contribution in [0, 0.1) is 0 Å². The van der Waals surface area contributed by atoms with Crippen LogP contribution in [-0.4, -0.2) is 12.6 Å². The monoisotopic (exact) mass is 658 g/mol. The molecular formula is C35H36Cl2NSiZr. The van der Waals surface area contributed by atoms with E-state index in [0.29, 0.717) is 3.63 Å². The van der Waals surface area contributed by atoms with Crippen LogP contribution in [0.25, 0.3) is 28.1 Å². The van der Waals surface area contributed by atoms with Crippen molar-refractivity contribution >= 4 is 19.3 Å². The zero-order valence-corrected chi connectivity index (χ0v) is 28.9. The normalized spacial score (nSPS) is 18.8. The van der Waals surface area contributed by atoms with Crippen LogP contribution in [0.15, 0.2) is 96.2 Å². The van der Waals surface area contributed by atoms with Crippen molar-refractivity contribution in [2.45, 2.75) is 55.9 Å². The molecule has 4 aliphatic rings. The van der Waals surface area contributed by atoms with E-state index in [9.17, 15) is 0 Å². The van der Waals surface area contributed by atoms with Crippen molar-refractivity contribution in [3.63, 3.8) is 0 Å². The third-order valence-electron chi connectivity index (χ3n) is 8.78. The summed E-state index contributed by atoms with van der Waals surface area (Å²) < 4.78 is 3.05. The van der Waals surface area contributed by atoms with Crippen molar-refractivity contribution in [1.82, 2.24) is 4.57 Å². The predicted octanol–water partition coefficient (Wildman–Crippen LogP) is 3.47. The topological polar surface area (TPSA) is 4.93 Å². The summed E-state index contributed by atoms with van der Waals surface area (Å²) in [5, 5.41) is 1.72. The first-order chi connectivity index (χ1) is 18.3. The summed E-state index contributed by atoms with van der Waals surface area (Å²) >= 11 is 1.59. The second-order valence-electron chi connectivity index (χ2n) is 11.6. The van der Waals surface area contributed by atoms with Crippen LogP contribution >= 0.6 is 0 Å². The van der Waals surface area contributed by atoms with E-state index in [0.717, 1.165) is 5.54 Å². The van der Waals surface area contributed by atoms with Gasteiger partial charge in [-0.1, -0.05) is 42.1 Å². The van der Waals surface area contributed by atoms with Crippen molar-refractivity contribution in [1.29, 1.82) is 0 Å². The third-order valence-corrected chi connectivity index (χ3v) is 14.8. The van der Waals surface area contributed by atoms with Crippen LogP contribution in [0.1, 0.15) is 64.3 Å². The maximum Gasteiger partial charge on any atom is -1.00 e. The number of nitrogens with zero attached hydrogens (tertiary/aromatic N) is 1. The molecular weight excluding hydrogens is 625 g/mol. The van der Waals surface area contributed by atoms with Gasteiger partial charge in [0.05, 0.1) is 8.07 Å². The molecule has 8 rings (SSSR count). The van der Waals surface area contributed by atoms with E-state index >= 15 is 0 Å². The van der Waals surface area contributed by atoms with Gasteiger partial charge in [-0.2, -0.15) is 0 Å². The first-order valence-electron chi connectivity index (χ1n) is 13.9. The van der Waals surface area contributed by atoms with Gasteiger partial charge in [0.15, 0.2) is 0 Å². The Kier molecular flexibility index (Phi) is 9.42. The average Bonchev–Trinajstić information content (AvgIpc) is 3.61. The fraction of sp³-hybridized carbons (Fsp3) is 0.257. The van der Waals surface area contributed by atoms with E-state index < -0.39 is 8.07 Å². The van der Waals surface area contributed by atoms with Gasteiger partial charge in [-0.05, 0) is 30.7 Å². The number of hydrogen-bond donors (Lipinski definition) is 0. The Morgan fingerprint density at radius 2 is 1.52 bits per heavy atom. The Labute approximate surface area is 268 Å². The van der Waals surface area contributed by atoms with Crippen LogP contribution < -0.4 is 24.8 Å². The van der Waals surface area contributed by atoms with E-state index in [4.69, 9.17) is 0 Å². The fourth-order valence-corrected chi connectivity index (χ4v) is 12.2. The summed E-state index contributed by atoms with van der Waals surface area (Å²) in [6, 6.07) is 28.9. The Bertz CT molecular complexity index is 1580. The number of aryl methyl sites for hydroxylation is 1. The van der Waals surface area contributed by atoms with Gasteiger partial charge in [0.2, 0.25) is 0 Å². The zero-order valence-electron chi connectivity index (χ0n) is 23.9. The average molecular weight is 661 g/mol. The summed E-state index contributed by atoms with van der Waals surface area (Å²) in [5.74, 6) is 0. The summed E-state index contributed by atoms with van der Waals surface area (Å²) in [6.07, 6.45) is 7.00. The van der Waals surface area contributed by atoms with Gasteiger partial charge in [-0.25, -0.2) is 0 Å². The molecule has 2 unspecified atom stereocenters. The second-order valence-corrected chi connectivity index (χ2v) is 17.5. The molecule has 2 aliphatic heterocycles. The SMILES string of the molecule is CC1=C2c3ccn(-c4ccccc4)c3C1[Si]2(C)C.CCCc1ccc(-c2cccc3c2C=C(C)[CH]3[Zr+2])cc1.[Cl-].[Cl-]. The van der Waals surface area contributed by atoms with E-state index in [-0.39, 0.29) is 24.8 Å². The van der Waals surface area contributed by atoms with Crippen molar-refractivity contribution in [3.8, 4) is 16.8 Å². The first kappa shape index (κ1) is 31.0. The molecule has 2 atom stereocenters. The summed E-state index contributed by atoms with van der Waals surface area (Å²) in [5.41, 5.74) is 15.4. The minimum atomic E-state index is -1.17. The standard InChI is InChI=1S/C19H19.C16H17NSi.2ClH.Zr/c1-3-5-15-8-10-16(11-9-15)18-7-4-6-17-12-14(2)13-19(17)18;1-11-15-13-9-10-17(12-7-5-4-6-8-12)14(13)16(11)18(15,2)3;;;/h4,6-13H,3,5H2,1-2H3;4-10,16H,1-3H3;2*1H;/q;;;;+2/p-2. The van der Waals surface area contributed by atoms with Crippen LogP contribution in [0.4, 0.5) is 0 Å². The number of allylic oxidation sites excluding steroid dienone is 2. The Morgan fingerprint density at radius 1 is 0.825 bits per heavy atom. The molecule has 1 nitrogen and oxygen atoms in total. The van der Waals surface area contributed by atoms with E-state index in [2.05, 4.69) is 130 Å². The number of benzene rings is 3. The number of hydrogen-bond acceptors (Lipinski definition) is 0. The smallest absolute Gasteiger partial charge is 1.00 e. The molecule has 0 fully saturated rings. The molecule has 2 bridgehead atoms. The van der Waals surface area contributed by atoms with Gasteiger partial charge in [-0.3, -0.25) is 0 Å². The Morgan fingerprint density at radius 3 is 2.17 bits per heavy atom. The summed E-state index contributed by atoms with van der Waals surface area (Å²) in [7, 11) is -1.17. The summed E-state index contributed by atoms with van der Waals surface area (Å²) in [4.78, 5) is 0. The molecule has 0 N–H and O–H groups in total. The third kappa shape index (κ3) is 5.02. The van der Waals surface area contributed by atoms with Crippen molar-refractivity contribution in [2.75, 3.05) is 0 Å². The zero-order chi connectivity index (χ0) is 26.6. The molecule has 3 aromatic carbocycles. The molecule has 2 aliphatic carbocycles. The van der Waals surface area contributed by atoms with Gasteiger partial charge >= 0.3 is 137 Å². The van der Waals surface area contributed by atoms with Gasteiger partial charge in [0.25, 0.3) is 0 Å². The molecule has 0 amide bonds. The number of fused-ring (bicyclic) bond motifs is 1. The molecule has 1 aromatic heterocycles. The van der Waals surface area contributed by atoms with Crippen LogP contribution in [0.3, 0.4) is 0 Å². The molecule has 3 heterocycles. The Balaban J connectivity index is 0.000000177. The number of rotatable bonds is 4. The van der Waals surface area contributed by atoms with Crippen LogP contribution in [0.5, 0.6) is 0 Å². The molecule has 0 radical (unpaired) electrons. The molecule has 0 saturated carbocycles. The van der Waals surface area contributed by atoms with Gasteiger partial charge in [-0.15, -0.1) is 0 Å². The minimum absolute atomic E-state index is 0. The van der Waals surface area contributed by atoms with Crippen molar-refractivity contribution < 1.29 is 49.5 Å². The second kappa shape index (κ2) is 12.1. The summed E-state index contributed by atoms with van der Waals surface area (Å²) in [6.45, 7) is 11.8. The fourth-order valence-electron chi connectivity index (χ4n) is 7.07. The maximum absolute atomic E-state index is 2.51. The van der Waals surface area contributed by atoms with Crippen molar-refractivity contribution in [2.24, 2.45) is 0 Å². The largest absolute Gasteiger partial charge is 1.00 e. The molecule has 0 spiro atoms. The minimum Gasteiger partial charge on any atom is -1.00 e. The van der Waals surface area contributed by atoms with Crippen molar-refractivity contribution in [3.05, 3.63) is 124 Å². The van der Waals surface area contributed by atoms with Gasteiger partial charge in [0.1, 0.15) is 0 Å². The van der Waals surface area contributed by atoms with Gasteiger partial charge < -0.3 is 29.4 Å². The van der Waals surface area contributed by atoms with Crippen LogP contribution in [0.2, 0.25) is 13.1 Å². The van der Waals surface area contributed by atoms with Gasteiger partial charge in [0, 0.05) is 23.1 Å². The maximum atomic E-state index is 2.51. The number of para-hydroxylation sites is 1. The first-order valence-corrected chi connectivity index (χ1v) is 18.4. The van der Waals surface area contributed by atoms with Crippen LogP contribution in [-0.2, 0) is 31.1 Å². The van der Waals surface area contributed by atoms with E-state index in [1.807, 2.05) is 0 Å². The number of halogens is 2. The Hall–Kier alpha value is -1.90. The quantitative estimate of drug-likeness (QED) is 0.296. The van der Waals surface area contributed by atoms with E-state index in [1.54, 1.807) is 41.2 Å². The molecule has 40 heavy (non-hydrogen) atoms. The molecule has 0 saturated heterocycles. The molecule has 203 valence electrons. The number of aromatic nitrogens is 1.